The lowest BCUT2D eigenvalue weighted by Crippen LogP contribution is -2.02. The molecule has 0 aliphatic carbocycles. The second kappa shape index (κ2) is 8.88. The lowest BCUT2D eigenvalue weighted by molar-refractivity contribution is 0.601. The van der Waals surface area contributed by atoms with Crippen molar-refractivity contribution in [2.24, 2.45) is 0 Å². The topological polar surface area (TPSA) is 43.9 Å². The summed E-state index contributed by atoms with van der Waals surface area (Å²) in [7, 11) is 0. The Morgan fingerprint density at radius 1 is 0.476 bits per heavy atom. The molecule has 4 heteroatoms. The highest BCUT2D eigenvalue weighted by atomic mass is 16.3. The second-order valence-electron chi connectivity index (χ2n) is 10.6. The third-order valence-corrected chi connectivity index (χ3v) is 8.33. The molecule has 0 saturated heterocycles. The second-order valence-corrected chi connectivity index (χ2v) is 10.6. The van der Waals surface area contributed by atoms with E-state index in [0.717, 1.165) is 27.7 Å². The van der Waals surface area contributed by atoms with Gasteiger partial charge in [-0.25, -0.2) is 4.98 Å². The van der Waals surface area contributed by atoms with Gasteiger partial charge in [0.05, 0.1) is 28.4 Å². The fraction of sp³-hybridized carbons (Fsp3) is 0. The van der Waals surface area contributed by atoms with Gasteiger partial charge in [0.1, 0.15) is 0 Å². The molecule has 0 saturated carbocycles. The Balaban J connectivity index is 1.26. The highest BCUT2D eigenvalue weighted by molar-refractivity contribution is 6.21. The van der Waals surface area contributed by atoms with E-state index >= 15 is 0 Å². The number of para-hydroxylation sites is 1. The molecule has 0 N–H and O–H groups in total. The first-order valence-corrected chi connectivity index (χ1v) is 14.1. The first-order valence-electron chi connectivity index (χ1n) is 14.1. The number of nitrogens with zero attached hydrogens (tertiary/aromatic N) is 3. The molecule has 0 spiro atoms. The number of fused-ring (bicyclic) bond motifs is 7. The Bertz CT molecular complexity index is 2460. The molecule has 0 bridgehead atoms. The molecule has 0 atom stereocenters. The summed E-state index contributed by atoms with van der Waals surface area (Å²) in [6.07, 6.45) is 1.69. The van der Waals surface area contributed by atoms with Crippen molar-refractivity contribution in [3.8, 4) is 28.3 Å². The largest absolute Gasteiger partial charge is 0.446 e. The van der Waals surface area contributed by atoms with Crippen LogP contribution in [0, 0.1) is 0 Å². The van der Waals surface area contributed by atoms with Crippen LogP contribution in [0.1, 0.15) is 0 Å². The minimum Gasteiger partial charge on any atom is -0.446 e. The molecule has 196 valence electrons. The minimum absolute atomic E-state index is 0.569. The van der Waals surface area contributed by atoms with Crippen molar-refractivity contribution in [1.29, 1.82) is 0 Å². The predicted octanol–water partition coefficient (Wildman–Crippen LogP) is 9.96. The molecule has 42 heavy (non-hydrogen) atoms. The fourth-order valence-electron chi connectivity index (χ4n) is 6.40. The Labute approximate surface area is 241 Å². The third kappa shape index (κ3) is 3.36. The van der Waals surface area contributed by atoms with E-state index in [-0.39, 0.29) is 0 Å². The lowest BCUT2D eigenvalue weighted by Gasteiger charge is -2.11. The van der Waals surface area contributed by atoms with Crippen LogP contribution in [0.15, 0.2) is 144 Å². The summed E-state index contributed by atoms with van der Waals surface area (Å²) in [6.45, 7) is 0. The number of hydrogen-bond acceptors (Lipinski definition) is 3. The standard InChI is InChI=1S/C38H23N3O/c1-3-11-28-24(8-1)10-7-14-29(28)26-16-18-27(19-17-26)36-32-22-23-42-37(32)40-38(39-36)41-33-15-6-5-13-31(33)35-30-12-4-2-9-25(30)20-21-34(35)41/h1-23H. The smallest absolute Gasteiger partial charge is 0.238 e. The zero-order valence-corrected chi connectivity index (χ0v) is 22.5. The van der Waals surface area contributed by atoms with Crippen molar-refractivity contribution in [3.63, 3.8) is 0 Å². The van der Waals surface area contributed by atoms with Gasteiger partial charge in [0.25, 0.3) is 0 Å². The number of aromatic nitrogens is 3. The quantitative estimate of drug-likeness (QED) is 0.225. The van der Waals surface area contributed by atoms with Crippen molar-refractivity contribution < 1.29 is 4.42 Å². The van der Waals surface area contributed by atoms with Crippen LogP contribution >= 0.6 is 0 Å². The molecule has 0 aliphatic heterocycles. The molecular formula is C38H23N3O. The molecule has 0 radical (unpaired) electrons. The number of rotatable bonds is 3. The van der Waals surface area contributed by atoms with Gasteiger partial charge in [-0.1, -0.05) is 115 Å². The van der Waals surface area contributed by atoms with Crippen LogP contribution in [0.2, 0.25) is 0 Å². The van der Waals surface area contributed by atoms with E-state index in [2.05, 4.69) is 132 Å². The van der Waals surface area contributed by atoms with Gasteiger partial charge in [-0.05, 0) is 50.9 Å². The van der Waals surface area contributed by atoms with E-state index in [0.29, 0.717) is 11.7 Å². The normalized spacial score (nSPS) is 11.8. The van der Waals surface area contributed by atoms with Crippen LogP contribution in [-0.4, -0.2) is 14.5 Å². The highest BCUT2D eigenvalue weighted by Gasteiger charge is 2.19. The molecule has 0 amide bonds. The Morgan fingerprint density at radius 2 is 1.17 bits per heavy atom. The zero-order chi connectivity index (χ0) is 27.6. The maximum atomic E-state index is 5.89. The van der Waals surface area contributed by atoms with E-state index in [4.69, 9.17) is 14.4 Å². The summed E-state index contributed by atoms with van der Waals surface area (Å²) in [5, 5.41) is 8.17. The summed E-state index contributed by atoms with van der Waals surface area (Å²) >= 11 is 0. The van der Waals surface area contributed by atoms with Crippen LogP contribution in [0.4, 0.5) is 0 Å². The minimum atomic E-state index is 0.569. The maximum Gasteiger partial charge on any atom is 0.238 e. The Hall–Kier alpha value is -5.74. The van der Waals surface area contributed by atoms with Crippen molar-refractivity contribution >= 4 is 54.5 Å². The van der Waals surface area contributed by atoms with Crippen LogP contribution in [-0.2, 0) is 0 Å². The summed E-state index contributed by atoms with van der Waals surface area (Å²) in [6, 6.07) is 46.9. The SMILES string of the molecule is c1ccc2c(-c3ccc(-c4nc(-n5c6ccccc6c6c7ccccc7ccc65)nc5occc45)cc3)cccc2c1. The number of furan rings is 1. The van der Waals surface area contributed by atoms with E-state index in [9.17, 15) is 0 Å². The zero-order valence-electron chi connectivity index (χ0n) is 22.5. The van der Waals surface area contributed by atoms with Crippen molar-refractivity contribution in [2.45, 2.75) is 0 Å². The molecule has 3 heterocycles. The van der Waals surface area contributed by atoms with Crippen LogP contribution < -0.4 is 0 Å². The fourth-order valence-corrected chi connectivity index (χ4v) is 6.40. The van der Waals surface area contributed by atoms with Crippen molar-refractivity contribution in [1.82, 2.24) is 14.5 Å². The molecule has 0 aliphatic rings. The van der Waals surface area contributed by atoms with E-state index in [1.54, 1.807) is 6.26 Å². The summed E-state index contributed by atoms with van der Waals surface area (Å²) in [5.74, 6) is 0.590. The van der Waals surface area contributed by atoms with Gasteiger partial charge in [0.15, 0.2) is 0 Å². The molecular weight excluding hydrogens is 514 g/mol. The Morgan fingerprint density at radius 3 is 2.02 bits per heavy atom. The van der Waals surface area contributed by atoms with Gasteiger partial charge in [-0.15, -0.1) is 0 Å². The van der Waals surface area contributed by atoms with Crippen molar-refractivity contribution in [2.75, 3.05) is 0 Å². The summed E-state index contributed by atoms with van der Waals surface area (Å²) in [4.78, 5) is 10.1. The monoisotopic (exact) mass is 537 g/mol. The lowest BCUT2D eigenvalue weighted by atomic mass is 9.97. The molecule has 6 aromatic carbocycles. The highest BCUT2D eigenvalue weighted by Crippen LogP contribution is 2.38. The van der Waals surface area contributed by atoms with Gasteiger partial charge in [0, 0.05) is 16.3 Å². The van der Waals surface area contributed by atoms with E-state index in [1.807, 2.05) is 6.07 Å². The Kier molecular flexibility index (Phi) is 4.87. The average molecular weight is 538 g/mol. The van der Waals surface area contributed by atoms with Crippen LogP contribution in [0.3, 0.4) is 0 Å². The number of hydrogen-bond donors (Lipinski definition) is 0. The van der Waals surface area contributed by atoms with Gasteiger partial charge < -0.3 is 4.42 Å². The molecule has 9 rings (SSSR count). The summed E-state index contributed by atoms with van der Waals surface area (Å²) in [5.41, 5.74) is 6.95. The predicted molar refractivity (Wildman–Crippen MR) is 172 cm³/mol. The van der Waals surface area contributed by atoms with E-state index in [1.165, 1.54) is 43.4 Å². The van der Waals surface area contributed by atoms with Gasteiger partial charge in [0.2, 0.25) is 11.7 Å². The molecule has 0 fully saturated rings. The van der Waals surface area contributed by atoms with E-state index < -0.39 is 0 Å². The first kappa shape index (κ1) is 23.0. The average Bonchev–Trinajstić information content (AvgIpc) is 3.67. The molecule has 0 unspecified atom stereocenters. The maximum absolute atomic E-state index is 5.89. The van der Waals surface area contributed by atoms with Crippen LogP contribution in [0.25, 0.3) is 82.8 Å². The number of benzene rings is 6. The van der Waals surface area contributed by atoms with Gasteiger partial charge in [-0.2, -0.15) is 4.98 Å². The molecule has 9 aromatic rings. The van der Waals surface area contributed by atoms with Gasteiger partial charge in [-0.3, -0.25) is 4.57 Å². The first-order chi connectivity index (χ1) is 20.8. The molecule has 3 aromatic heterocycles. The third-order valence-electron chi connectivity index (χ3n) is 8.33. The summed E-state index contributed by atoms with van der Waals surface area (Å²) < 4.78 is 8.05. The van der Waals surface area contributed by atoms with Crippen molar-refractivity contribution in [3.05, 3.63) is 140 Å². The molecule has 4 nitrogen and oxygen atoms in total. The van der Waals surface area contributed by atoms with Crippen LogP contribution in [0.5, 0.6) is 0 Å². The van der Waals surface area contributed by atoms with Gasteiger partial charge >= 0.3 is 0 Å².